The molecule has 1 N–H and O–H groups in total. The van der Waals surface area contributed by atoms with E-state index < -0.39 is 23.7 Å². The van der Waals surface area contributed by atoms with E-state index in [9.17, 15) is 22.7 Å². The summed E-state index contributed by atoms with van der Waals surface area (Å²) >= 11 is 8.73. The summed E-state index contributed by atoms with van der Waals surface area (Å²) in [5, 5.41) is 9.86. The van der Waals surface area contributed by atoms with Crippen LogP contribution in [0.5, 0.6) is 0 Å². The van der Waals surface area contributed by atoms with Gasteiger partial charge in [0.15, 0.2) is 0 Å². The van der Waals surface area contributed by atoms with Crippen molar-refractivity contribution in [2.45, 2.75) is 12.3 Å². The van der Waals surface area contributed by atoms with Gasteiger partial charge in [-0.1, -0.05) is 29.8 Å². The second kappa shape index (κ2) is 5.94. The second-order valence-electron chi connectivity index (χ2n) is 4.29. The molecule has 2 aromatic rings. The molecule has 0 aromatic heterocycles. The Labute approximate surface area is 131 Å². The number of alkyl halides is 3. The molecular weight excluding hydrogens is 376 g/mol. The monoisotopic (exact) mass is 382 g/mol. The first-order valence-corrected chi connectivity index (χ1v) is 6.87. The average Bonchev–Trinajstić information content (AvgIpc) is 2.43. The van der Waals surface area contributed by atoms with Crippen LogP contribution in [0.1, 0.15) is 22.8 Å². The summed E-state index contributed by atoms with van der Waals surface area (Å²) in [4.78, 5) is 0. The van der Waals surface area contributed by atoms with E-state index in [0.29, 0.717) is 4.47 Å². The number of aliphatic hydroxyl groups excluding tert-OH is 1. The fourth-order valence-corrected chi connectivity index (χ4v) is 2.29. The lowest BCUT2D eigenvalue weighted by Gasteiger charge is -2.15. The second-order valence-corrected chi connectivity index (χ2v) is 5.52. The highest BCUT2D eigenvalue weighted by Gasteiger charge is 2.31. The minimum atomic E-state index is -4.54. The first-order valence-electron chi connectivity index (χ1n) is 5.70. The van der Waals surface area contributed by atoms with Crippen LogP contribution < -0.4 is 0 Å². The van der Waals surface area contributed by atoms with E-state index in [4.69, 9.17) is 11.6 Å². The number of hydrogen-bond acceptors (Lipinski definition) is 1. The van der Waals surface area contributed by atoms with Crippen molar-refractivity contribution in [3.05, 3.63) is 68.4 Å². The molecule has 112 valence electrons. The predicted octanol–water partition coefficient (Wildman–Crippen LogP) is 5.34. The van der Waals surface area contributed by atoms with Gasteiger partial charge in [-0.05, 0) is 39.7 Å². The van der Waals surface area contributed by atoms with E-state index in [2.05, 4.69) is 15.9 Å². The predicted molar refractivity (Wildman–Crippen MR) is 74.6 cm³/mol. The van der Waals surface area contributed by atoms with Gasteiger partial charge in [0.25, 0.3) is 0 Å². The Morgan fingerprint density at radius 2 is 1.81 bits per heavy atom. The van der Waals surface area contributed by atoms with E-state index in [-0.39, 0.29) is 16.1 Å². The van der Waals surface area contributed by atoms with Gasteiger partial charge in [0.05, 0.1) is 10.6 Å². The van der Waals surface area contributed by atoms with E-state index >= 15 is 0 Å². The van der Waals surface area contributed by atoms with Gasteiger partial charge < -0.3 is 5.11 Å². The van der Waals surface area contributed by atoms with Crippen molar-refractivity contribution in [3.63, 3.8) is 0 Å². The van der Waals surface area contributed by atoms with Gasteiger partial charge in [-0.3, -0.25) is 0 Å². The number of hydrogen-bond donors (Lipinski definition) is 1. The van der Waals surface area contributed by atoms with Gasteiger partial charge in [0, 0.05) is 10.0 Å². The maximum absolute atomic E-state index is 14.0. The van der Waals surface area contributed by atoms with Crippen LogP contribution in [0.2, 0.25) is 5.02 Å². The molecule has 2 aromatic carbocycles. The number of benzene rings is 2. The molecule has 1 atom stereocenters. The maximum atomic E-state index is 14.0. The molecule has 0 aliphatic carbocycles. The van der Waals surface area contributed by atoms with Crippen molar-refractivity contribution in [2.75, 3.05) is 0 Å². The molecule has 0 aliphatic heterocycles. The summed E-state index contributed by atoms with van der Waals surface area (Å²) in [6.45, 7) is 0. The van der Waals surface area contributed by atoms with Gasteiger partial charge in [0.1, 0.15) is 11.9 Å². The van der Waals surface area contributed by atoms with E-state index in [1.54, 1.807) is 0 Å². The normalized spacial score (nSPS) is 13.3. The largest absolute Gasteiger partial charge is 0.416 e. The van der Waals surface area contributed by atoms with Gasteiger partial charge in [-0.2, -0.15) is 13.2 Å². The summed E-state index contributed by atoms with van der Waals surface area (Å²) in [5.74, 6) is -0.879. The molecule has 0 amide bonds. The molecule has 21 heavy (non-hydrogen) atoms. The van der Waals surface area contributed by atoms with Crippen LogP contribution >= 0.6 is 27.5 Å². The zero-order valence-corrected chi connectivity index (χ0v) is 12.6. The van der Waals surface area contributed by atoms with Crippen LogP contribution in [-0.2, 0) is 6.18 Å². The molecule has 0 radical (unpaired) electrons. The van der Waals surface area contributed by atoms with E-state index in [1.807, 2.05) is 0 Å². The molecule has 0 aliphatic rings. The first-order chi connectivity index (χ1) is 9.71. The third-order valence-electron chi connectivity index (χ3n) is 2.89. The molecule has 0 heterocycles. The third kappa shape index (κ3) is 3.39. The van der Waals surface area contributed by atoms with Crippen molar-refractivity contribution in [3.8, 4) is 0 Å². The van der Waals surface area contributed by atoms with Gasteiger partial charge in [-0.15, -0.1) is 0 Å². The molecule has 0 saturated heterocycles. The summed E-state index contributed by atoms with van der Waals surface area (Å²) in [5.41, 5.74) is -1.17. The molecule has 0 bridgehead atoms. The fraction of sp³-hybridized carbons (Fsp3) is 0.143. The first kappa shape index (κ1) is 16.3. The summed E-state index contributed by atoms with van der Waals surface area (Å²) in [7, 11) is 0. The SMILES string of the molecule is OC(c1cccc(C(F)(F)F)c1)c1ccc(Br)c(Cl)c1F. The Hall–Kier alpha value is -1.11. The number of rotatable bonds is 2. The van der Waals surface area contributed by atoms with Crippen molar-refractivity contribution in [1.29, 1.82) is 0 Å². The number of aliphatic hydroxyl groups is 1. The highest BCUT2D eigenvalue weighted by Crippen LogP contribution is 2.35. The maximum Gasteiger partial charge on any atom is 0.416 e. The van der Waals surface area contributed by atoms with E-state index in [0.717, 1.165) is 18.2 Å². The summed E-state index contributed by atoms with van der Waals surface area (Å²) in [6, 6.07) is 6.77. The number of halogens is 6. The van der Waals surface area contributed by atoms with Crippen LogP contribution in [0.4, 0.5) is 17.6 Å². The average molecular weight is 384 g/mol. The van der Waals surface area contributed by atoms with Crippen LogP contribution in [0, 0.1) is 5.82 Å². The van der Waals surface area contributed by atoms with Gasteiger partial charge in [-0.25, -0.2) is 4.39 Å². The Morgan fingerprint density at radius 3 is 2.43 bits per heavy atom. The smallest absolute Gasteiger partial charge is 0.384 e. The van der Waals surface area contributed by atoms with Crippen molar-refractivity contribution >= 4 is 27.5 Å². The molecule has 7 heteroatoms. The van der Waals surface area contributed by atoms with Gasteiger partial charge >= 0.3 is 6.18 Å². The van der Waals surface area contributed by atoms with E-state index in [1.165, 1.54) is 18.2 Å². The lowest BCUT2D eigenvalue weighted by atomic mass is 9.99. The minimum absolute atomic E-state index is 0.0675. The third-order valence-corrected chi connectivity index (χ3v) is 4.15. The quantitative estimate of drug-likeness (QED) is 0.548. The highest BCUT2D eigenvalue weighted by molar-refractivity contribution is 9.10. The molecular formula is C14H8BrClF4O. The van der Waals surface area contributed by atoms with Crippen LogP contribution in [-0.4, -0.2) is 5.11 Å². The Kier molecular flexibility index (Phi) is 4.60. The van der Waals surface area contributed by atoms with Crippen molar-refractivity contribution in [2.24, 2.45) is 0 Å². The van der Waals surface area contributed by atoms with Crippen LogP contribution in [0.25, 0.3) is 0 Å². The molecule has 2 rings (SSSR count). The zero-order chi connectivity index (χ0) is 15.8. The molecule has 1 unspecified atom stereocenters. The van der Waals surface area contributed by atoms with Gasteiger partial charge in [0.2, 0.25) is 0 Å². The Balaban J connectivity index is 2.46. The Morgan fingerprint density at radius 1 is 1.14 bits per heavy atom. The minimum Gasteiger partial charge on any atom is -0.384 e. The van der Waals surface area contributed by atoms with Crippen molar-refractivity contribution < 1.29 is 22.7 Å². The zero-order valence-electron chi connectivity index (χ0n) is 10.3. The molecule has 0 fully saturated rings. The molecule has 0 saturated carbocycles. The summed E-state index contributed by atoms with van der Waals surface area (Å²) in [6.07, 6.45) is -6.08. The fourth-order valence-electron chi connectivity index (χ4n) is 1.82. The summed E-state index contributed by atoms with van der Waals surface area (Å²) < 4.78 is 52.2. The molecule has 0 spiro atoms. The standard InChI is InChI=1S/C14H8BrClF4O/c15-10-5-4-9(12(17)11(10)16)13(21)7-2-1-3-8(6-7)14(18,19)20/h1-6,13,21H. The van der Waals surface area contributed by atoms with Crippen molar-refractivity contribution in [1.82, 2.24) is 0 Å². The topological polar surface area (TPSA) is 20.2 Å². The highest BCUT2D eigenvalue weighted by atomic mass is 79.9. The molecule has 1 nitrogen and oxygen atoms in total. The lowest BCUT2D eigenvalue weighted by molar-refractivity contribution is -0.137. The van der Waals surface area contributed by atoms with Crippen LogP contribution in [0.15, 0.2) is 40.9 Å². The van der Waals surface area contributed by atoms with Crippen LogP contribution in [0.3, 0.4) is 0 Å². The lowest BCUT2D eigenvalue weighted by Crippen LogP contribution is -2.08. The Bertz CT molecular complexity index is 673.